The molecule has 2 aliphatic rings. The third-order valence-corrected chi connectivity index (χ3v) is 4.70. The second-order valence-corrected chi connectivity index (χ2v) is 4.88. The van der Waals surface area contributed by atoms with Crippen LogP contribution in [0.2, 0.25) is 0 Å². The first kappa shape index (κ1) is 7.15. The summed E-state index contributed by atoms with van der Waals surface area (Å²) in [5.41, 5.74) is 0. The molecule has 58 valence electrons. The second-order valence-electron chi connectivity index (χ2n) is 3.83. The highest BCUT2D eigenvalue weighted by Gasteiger charge is 2.33. The lowest BCUT2D eigenvalue weighted by Crippen LogP contribution is -2.32. The molecule has 0 saturated heterocycles. The fraction of sp³-hybridized carbons (Fsp3) is 1.00. The van der Waals surface area contributed by atoms with E-state index in [2.05, 4.69) is 15.9 Å². The first-order valence-corrected chi connectivity index (χ1v) is 5.43. The van der Waals surface area contributed by atoms with Crippen LogP contribution in [0, 0.1) is 11.8 Å². The summed E-state index contributed by atoms with van der Waals surface area (Å²) in [7, 11) is 0. The molecule has 0 aromatic rings. The van der Waals surface area contributed by atoms with Gasteiger partial charge in [0.05, 0.1) is 0 Å². The summed E-state index contributed by atoms with van der Waals surface area (Å²) in [5, 5.41) is 0. The van der Waals surface area contributed by atoms with Crippen molar-refractivity contribution in [3.05, 3.63) is 0 Å². The Morgan fingerprint density at radius 3 is 1.50 bits per heavy atom. The van der Waals surface area contributed by atoms with Crippen molar-refractivity contribution in [1.82, 2.24) is 0 Å². The Labute approximate surface area is 71.5 Å². The van der Waals surface area contributed by atoms with Crippen molar-refractivity contribution in [3.63, 3.8) is 0 Å². The monoisotopic (exact) mass is 202 g/mol. The average molecular weight is 203 g/mol. The van der Waals surface area contributed by atoms with Gasteiger partial charge in [-0.3, -0.25) is 0 Å². The molecule has 0 atom stereocenters. The molecule has 0 aromatic heterocycles. The number of alkyl halides is 1. The smallest absolute Gasteiger partial charge is 0.0202 e. The van der Waals surface area contributed by atoms with Crippen molar-refractivity contribution in [3.8, 4) is 0 Å². The third-order valence-electron chi connectivity index (χ3n) is 3.20. The zero-order valence-electron chi connectivity index (χ0n) is 6.35. The van der Waals surface area contributed by atoms with E-state index in [0.717, 1.165) is 16.7 Å². The molecule has 0 amide bonds. The quantitative estimate of drug-likeness (QED) is 0.529. The SMILES string of the molecule is BrC1C2CCCC1CCC2. The highest BCUT2D eigenvalue weighted by molar-refractivity contribution is 9.09. The second kappa shape index (κ2) is 2.84. The van der Waals surface area contributed by atoms with Crippen molar-refractivity contribution in [2.24, 2.45) is 11.8 Å². The summed E-state index contributed by atoms with van der Waals surface area (Å²) in [6, 6.07) is 0. The van der Waals surface area contributed by atoms with E-state index in [9.17, 15) is 0 Å². The lowest BCUT2D eigenvalue weighted by molar-refractivity contribution is 0.205. The molecule has 2 bridgehead atoms. The molecule has 2 fully saturated rings. The molecule has 1 heteroatoms. The van der Waals surface area contributed by atoms with Gasteiger partial charge in [0.1, 0.15) is 0 Å². The summed E-state index contributed by atoms with van der Waals surface area (Å²) in [4.78, 5) is 0.884. The highest BCUT2D eigenvalue weighted by Crippen LogP contribution is 2.43. The van der Waals surface area contributed by atoms with E-state index in [1.165, 1.54) is 38.5 Å². The van der Waals surface area contributed by atoms with Crippen LogP contribution in [-0.4, -0.2) is 4.83 Å². The van der Waals surface area contributed by atoms with Crippen LogP contribution in [0.3, 0.4) is 0 Å². The van der Waals surface area contributed by atoms with E-state index in [-0.39, 0.29) is 0 Å². The van der Waals surface area contributed by atoms with E-state index >= 15 is 0 Å². The van der Waals surface area contributed by atoms with Crippen LogP contribution >= 0.6 is 15.9 Å². The first-order chi connectivity index (χ1) is 4.88. The molecule has 0 nitrogen and oxygen atoms in total. The molecule has 2 aliphatic carbocycles. The predicted molar refractivity (Wildman–Crippen MR) is 47.4 cm³/mol. The number of halogens is 1. The minimum Gasteiger partial charge on any atom is -0.0885 e. The molecule has 2 rings (SSSR count). The Morgan fingerprint density at radius 2 is 1.20 bits per heavy atom. The van der Waals surface area contributed by atoms with Gasteiger partial charge in [-0.1, -0.05) is 28.8 Å². The van der Waals surface area contributed by atoms with E-state index in [4.69, 9.17) is 0 Å². The maximum Gasteiger partial charge on any atom is 0.0202 e. The molecule has 0 aromatic carbocycles. The van der Waals surface area contributed by atoms with E-state index in [1.54, 1.807) is 0 Å². The number of hydrogen-bond donors (Lipinski definition) is 0. The Morgan fingerprint density at radius 1 is 0.800 bits per heavy atom. The molecule has 0 N–H and O–H groups in total. The van der Waals surface area contributed by atoms with Crippen molar-refractivity contribution in [1.29, 1.82) is 0 Å². The van der Waals surface area contributed by atoms with Crippen LogP contribution in [0.5, 0.6) is 0 Å². The van der Waals surface area contributed by atoms with Crippen LogP contribution < -0.4 is 0 Å². The summed E-state index contributed by atoms with van der Waals surface area (Å²) in [5.74, 6) is 2.07. The fourth-order valence-corrected chi connectivity index (χ4v) is 3.65. The average Bonchev–Trinajstić information content (AvgIpc) is 1.86. The van der Waals surface area contributed by atoms with Gasteiger partial charge in [0.15, 0.2) is 0 Å². The van der Waals surface area contributed by atoms with Gasteiger partial charge in [-0.05, 0) is 37.5 Å². The van der Waals surface area contributed by atoms with Crippen LogP contribution in [0.1, 0.15) is 38.5 Å². The minimum atomic E-state index is 0.884. The van der Waals surface area contributed by atoms with Crippen molar-refractivity contribution in [2.75, 3.05) is 0 Å². The van der Waals surface area contributed by atoms with Gasteiger partial charge in [-0.25, -0.2) is 0 Å². The van der Waals surface area contributed by atoms with Crippen LogP contribution in [0.15, 0.2) is 0 Å². The summed E-state index contributed by atoms with van der Waals surface area (Å²) in [6.07, 6.45) is 8.96. The maximum atomic E-state index is 3.83. The van der Waals surface area contributed by atoms with E-state index in [1.807, 2.05) is 0 Å². The summed E-state index contributed by atoms with van der Waals surface area (Å²) in [6.45, 7) is 0. The Kier molecular flexibility index (Phi) is 2.03. The lowest BCUT2D eigenvalue weighted by atomic mass is 9.72. The van der Waals surface area contributed by atoms with Gasteiger partial charge >= 0.3 is 0 Å². The van der Waals surface area contributed by atoms with Crippen molar-refractivity contribution in [2.45, 2.75) is 43.4 Å². The van der Waals surface area contributed by atoms with Crippen LogP contribution in [-0.2, 0) is 0 Å². The Hall–Kier alpha value is 0.480. The first-order valence-electron chi connectivity index (χ1n) is 4.52. The van der Waals surface area contributed by atoms with Gasteiger partial charge < -0.3 is 0 Å². The zero-order chi connectivity index (χ0) is 6.97. The normalized spacial score (nSPS) is 47.1. The topological polar surface area (TPSA) is 0 Å². The fourth-order valence-electron chi connectivity index (χ4n) is 2.59. The molecular weight excluding hydrogens is 188 g/mol. The Bertz CT molecular complexity index is 99.9. The Balaban J connectivity index is 2.05. The zero-order valence-corrected chi connectivity index (χ0v) is 7.94. The van der Waals surface area contributed by atoms with E-state index in [0.29, 0.717) is 0 Å². The van der Waals surface area contributed by atoms with Gasteiger partial charge in [0, 0.05) is 4.83 Å². The van der Waals surface area contributed by atoms with Crippen molar-refractivity contribution >= 4 is 15.9 Å². The predicted octanol–water partition coefficient (Wildman–Crippen LogP) is 3.35. The summed E-state index contributed by atoms with van der Waals surface area (Å²) < 4.78 is 0. The highest BCUT2D eigenvalue weighted by atomic mass is 79.9. The van der Waals surface area contributed by atoms with Gasteiger partial charge in [0.2, 0.25) is 0 Å². The molecule has 10 heavy (non-hydrogen) atoms. The number of fused-ring (bicyclic) bond motifs is 2. The molecular formula is C9H15Br. The molecule has 2 saturated carbocycles. The molecule has 0 radical (unpaired) electrons. The maximum absolute atomic E-state index is 3.83. The molecule has 0 heterocycles. The standard InChI is InChI=1S/C9H15Br/c10-9-7-3-1-4-8(9)6-2-5-7/h7-9H,1-6H2. The largest absolute Gasteiger partial charge is 0.0885 e. The minimum absolute atomic E-state index is 0.884. The van der Waals surface area contributed by atoms with Gasteiger partial charge in [-0.2, -0.15) is 0 Å². The van der Waals surface area contributed by atoms with Crippen molar-refractivity contribution < 1.29 is 0 Å². The molecule has 0 unspecified atom stereocenters. The van der Waals surface area contributed by atoms with Gasteiger partial charge in [-0.15, -0.1) is 0 Å². The summed E-state index contributed by atoms with van der Waals surface area (Å²) >= 11 is 3.83. The third kappa shape index (κ3) is 1.13. The van der Waals surface area contributed by atoms with Crippen LogP contribution in [0.25, 0.3) is 0 Å². The number of hydrogen-bond acceptors (Lipinski definition) is 0. The molecule has 0 spiro atoms. The van der Waals surface area contributed by atoms with E-state index < -0.39 is 0 Å². The number of rotatable bonds is 0. The van der Waals surface area contributed by atoms with Gasteiger partial charge in [0.25, 0.3) is 0 Å². The van der Waals surface area contributed by atoms with Crippen LogP contribution in [0.4, 0.5) is 0 Å². The molecule has 0 aliphatic heterocycles. The lowest BCUT2D eigenvalue weighted by Gasteiger charge is -2.39.